The molecule has 3 heteroatoms. The summed E-state index contributed by atoms with van der Waals surface area (Å²) in [6.07, 6.45) is 0. The minimum Gasteiger partial charge on any atom is -0.288 e. The van der Waals surface area contributed by atoms with Crippen molar-refractivity contribution in [2.24, 2.45) is 5.92 Å². The van der Waals surface area contributed by atoms with Gasteiger partial charge in [-0.3, -0.25) is 4.52 Å². The summed E-state index contributed by atoms with van der Waals surface area (Å²) in [6, 6.07) is 0. The Hall–Kier alpha value is 0.0600. The van der Waals surface area contributed by atoms with E-state index < -0.39 is 0 Å². The molecule has 0 fully saturated rings. The van der Waals surface area contributed by atoms with E-state index in [0.717, 1.165) is 0 Å². The third-order valence-electron chi connectivity index (χ3n) is 1.66. The molecule has 0 aliphatic carbocycles. The van der Waals surface area contributed by atoms with E-state index in [1.54, 1.807) is 0 Å². The van der Waals surface area contributed by atoms with Crippen molar-refractivity contribution in [3.8, 4) is 0 Å². The Morgan fingerprint density at radius 3 is 2.00 bits per heavy atom. The molecule has 0 aliphatic heterocycles. The molecule has 0 saturated heterocycles. The molecule has 0 unspecified atom stereocenters. The number of hydrogen-bond donors (Lipinski definition) is 0. The van der Waals surface area contributed by atoms with Crippen LogP contribution < -0.4 is 0 Å². The molecule has 0 rings (SSSR count). The molecule has 0 heterocycles. The van der Waals surface area contributed by atoms with Crippen LogP contribution in [0.2, 0.25) is 0 Å². The smallest absolute Gasteiger partial charge is 0.288 e. The van der Waals surface area contributed by atoms with E-state index in [9.17, 15) is 4.57 Å². The Kier molecular flexibility index (Phi) is 3.31. The van der Waals surface area contributed by atoms with Crippen LogP contribution in [0.5, 0.6) is 0 Å². The average Bonchev–Trinajstić information content (AvgIpc) is 1.65. The molecular formula is C6H13O2P. The fourth-order valence-corrected chi connectivity index (χ4v) is 0.604. The van der Waals surface area contributed by atoms with Crippen LogP contribution in [-0.2, 0) is 9.09 Å². The first-order valence-electron chi connectivity index (χ1n) is 3.01. The highest BCUT2D eigenvalue weighted by Crippen LogP contribution is 2.24. The van der Waals surface area contributed by atoms with Crippen LogP contribution in [0.3, 0.4) is 0 Å². The Morgan fingerprint density at radius 1 is 1.44 bits per heavy atom. The molecule has 0 atom stereocenters. The monoisotopic (exact) mass is 148 g/mol. The van der Waals surface area contributed by atoms with E-state index in [-0.39, 0.29) is 14.3 Å². The summed E-state index contributed by atoms with van der Waals surface area (Å²) in [5.41, 5.74) is -0.274. The topological polar surface area (TPSA) is 26.3 Å². The van der Waals surface area contributed by atoms with Gasteiger partial charge in [0.15, 0.2) is 0 Å². The van der Waals surface area contributed by atoms with Crippen molar-refractivity contribution in [2.75, 3.05) is 0 Å². The van der Waals surface area contributed by atoms with E-state index in [1.807, 2.05) is 27.7 Å². The van der Waals surface area contributed by atoms with Crippen molar-refractivity contribution in [1.29, 1.82) is 0 Å². The first kappa shape index (κ1) is 9.06. The van der Waals surface area contributed by atoms with E-state index in [1.165, 1.54) is 0 Å². The molecule has 54 valence electrons. The maximum Gasteiger partial charge on any atom is 0.327 e. The molecule has 0 amide bonds. The maximum absolute atomic E-state index is 10.00. The molecule has 9 heavy (non-hydrogen) atoms. The summed E-state index contributed by atoms with van der Waals surface area (Å²) in [6.45, 7) is 7.90. The van der Waals surface area contributed by atoms with Crippen molar-refractivity contribution in [3.63, 3.8) is 0 Å². The van der Waals surface area contributed by atoms with Crippen LogP contribution >= 0.6 is 8.69 Å². The summed E-state index contributed by atoms with van der Waals surface area (Å²) in [5.74, 6) is 0.388. The van der Waals surface area contributed by atoms with Crippen molar-refractivity contribution in [2.45, 2.75) is 33.3 Å². The van der Waals surface area contributed by atoms with E-state index in [0.29, 0.717) is 5.92 Å². The fraction of sp³-hybridized carbons (Fsp3) is 1.00. The average molecular weight is 148 g/mol. The van der Waals surface area contributed by atoms with Gasteiger partial charge in [0, 0.05) is 0 Å². The quantitative estimate of drug-likeness (QED) is 0.575. The molecule has 0 spiro atoms. The van der Waals surface area contributed by atoms with E-state index in [2.05, 4.69) is 0 Å². The Balaban J connectivity index is 3.84. The van der Waals surface area contributed by atoms with Crippen molar-refractivity contribution in [1.82, 2.24) is 0 Å². The third-order valence-corrected chi connectivity index (χ3v) is 2.21. The van der Waals surface area contributed by atoms with Crippen molar-refractivity contribution < 1.29 is 9.09 Å². The van der Waals surface area contributed by atoms with Gasteiger partial charge >= 0.3 is 8.69 Å². The van der Waals surface area contributed by atoms with Gasteiger partial charge in [0.05, 0.1) is 5.60 Å². The second-order valence-corrected chi connectivity index (χ2v) is 3.26. The third kappa shape index (κ3) is 2.92. The number of hydrogen-bond acceptors (Lipinski definition) is 2. The lowest BCUT2D eigenvalue weighted by Crippen LogP contribution is -2.27. The largest absolute Gasteiger partial charge is 0.327 e. The normalized spacial score (nSPS) is 13.0. The summed E-state index contributed by atoms with van der Waals surface area (Å²) in [5, 5.41) is 0. The molecule has 0 bridgehead atoms. The SMILES string of the molecule is CC(C)C(C)(C)OP=O. The standard InChI is InChI=1S/C6H13O2P/c1-5(2)6(3,4)8-9-7/h5H,1-4H3. The van der Waals surface area contributed by atoms with Crippen LogP contribution in [0, 0.1) is 5.92 Å². The summed E-state index contributed by atoms with van der Waals surface area (Å²) in [4.78, 5) is 0. The molecule has 0 N–H and O–H groups in total. The highest BCUT2D eigenvalue weighted by Gasteiger charge is 2.22. The lowest BCUT2D eigenvalue weighted by molar-refractivity contribution is 0.0751. The second-order valence-electron chi connectivity index (χ2n) is 2.92. The minimum absolute atomic E-state index is 0.231. The van der Waals surface area contributed by atoms with Gasteiger partial charge in [-0.15, -0.1) is 0 Å². The first-order valence-corrected chi connectivity index (χ1v) is 3.74. The zero-order valence-electron chi connectivity index (χ0n) is 6.34. The summed E-state index contributed by atoms with van der Waals surface area (Å²) >= 11 is 0. The van der Waals surface area contributed by atoms with E-state index >= 15 is 0 Å². The van der Waals surface area contributed by atoms with Gasteiger partial charge in [0.2, 0.25) is 0 Å². The predicted molar refractivity (Wildman–Crippen MR) is 37.6 cm³/mol. The molecule has 0 aromatic carbocycles. The first-order chi connectivity index (χ1) is 4.00. The Morgan fingerprint density at radius 2 is 1.89 bits per heavy atom. The summed E-state index contributed by atoms with van der Waals surface area (Å²) in [7, 11) is -0.231. The van der Waals surface area contributed by atoms with Crippen LogP contribution in [0.4, 0.5) is 0 Å². The van der Waals surface area contributed by atoms with Crippen molar-refractivity contribution in [3.05, 3.63) is 0 Å². The molecule has 0 saturated carbocycles. The lowest BCUT2D eigenvalue weighted by atomic mass is 9.95. The summed E-state index contributed by atoms with van der Waals surface area (Å²) < 4.78 is 14.9. The van der Waals surface area contributed by atoms with E-state index in [4.69, 9.17) is 4.52 Å². The van der Waals surface area contributed by atoms with Crippen LogP contribution in [-0.4, -0.2) is 5.60 Å². The second kappa shape index (κ2) is 3.28. The minimum atomic E-state index is -0.274. The molecule has 2 nitrogen and oxygen atoms in total. The Labute approximate surface area is 57.9 Å². The van der Waals surface area contributed by atoms with Gasteiger partial charge in [-0.25, -0.2) is 4.57 Å². The van der Waals surface area contributed by atoms with Crippen LogP contribution in [0.1, 0.15) is 27.7 Å². The van der Waals surface area contributed by atoms with Gasteiger partial charge in [-0.05, 0) is 19.8 Å². The molecule has 0 aromatic heterocycles. The van der Waals surface area contributed by atoms with Gasteiger partial charge < -0.3 is 0 Å². The molecular weight excluding hydrogens is 135 g/mol. The van der Waals surface area contributed by atoms with Gasteiger partial charge in [-0.1, -0.05) is 13.8 Å². The van der Waals surface area contributed by atoms with Crippen molar-refractivity contribution >= 4 is 8.69 Å². The highest BCUT2D eigenvalue weighted by molar-refractivity contribution is 7.17. The van der Waals surface area contributed by atoms with Gasteiger partial charge in [-0.2, -0.15) is 0 Å². The zero-order chi connectivity index (χ0) is 7.49. The van der Waals surface area contributed by atoms with Gasteiger partial charge in [0.1, 0.15) is 0 Å². The number of rotatable bonds is 3. The van der Waals surface area contributed by atoms with Crippen LogP contribution in [0.25, 0.3) is 0 Å². The van der Waals surface area contributed by atoms with Gasteiger partial charge in [0.25, 0.3) is 0 Å². The Bertz CT molecular complexity index is 99.2. The molecule has 0 aliphatic rings. The molecule has 0 aromatic rings. The van der Waals surface area contributed by atoms with Crippen LogP contribution in [0.15, 0.2) is 0 Å². The molecule has 0 radical (unpaired) electrons. The lowest BCUT2D eigenvalue weighted by Gasteiger charge is -2.24. The highest BCUT2D eigenvalue weighted by atomic mass is 31.1. The zero-order valence-corrected chi connectivity index (χ0v) is 7.24. The maximum atomic E-state index is 10.00. The fourth-order valence-electron chi connectivity index (χ4n) is 0.201. The predicted octanol–water partition coefficient (Wildman–Crippen LogP) is 2.64.